The third-order valence-corrected chi connectivity index (χ3v) is 5.26. The second-order valence-electron chi connectivity index (χ2n) is 7.77. The predicted molar refractivity (Wildman–Crippen MR) is 103 cm³/mol. The highest BCUT2D eigenvalue weighted by Crippen LogP contribution is 2.25. The Morgan fingerprint density at radius 3 is 2.93 bits per heavy atom. The fourth-order valence-electron chi connectivity index (χ4n) is 3.54. The van der Waals surface area contributed by atoms with Crippen LogP contribution < -0.4 is 10.6 Å². The molecular formula is C20H29N5O2. The van der Waals surface area contributed by atoms with Crippen LogP contribution >= 0.6 is 0 Å². The minimum atomic E-state index is -0.299. The first-order valence-corrected chi connectivity index (χ1v) is 9.78. The quantitative estimate of drug-likeness (QED) is 0.777. The molecule has 27 heavy (non-hydrogen) atoms. The monoisotopic (exact) mass is 371 g/mol. The van der Waals surface area contributed by atoms with E-state index in [1.807, 2.05) is 26.0 Å². The molecule has 7 heteroatoms. The van der Waals surface area contributed by atoms with Gasteiger partial charge in [0.1, 0.15) is 6.04 Å². The zero-order valence-corrected chi connectivity index (χ0v) is 16.3. The maximum absolute atomic E-state index is 12.6. The molecule has 1 aliphatic heterocycles. The van der Waals surface area contributed by atoms with Crippen LogP contribution in [0.2, 0.25) is 0 Å². The molecule has 1 fully saturated rings. The Labute approximate surface area is 160 Å². The summed E-state index contributed by atoms with van der Waals surface area (Å²) in [6, 6.07) is 3.41. The Morgan fingerprint density at radius 2 is 2.26 bits per heavy atom. The smallest absolute Gasteiger partial charge is 0.249 e. The van der Waals surface area contributed by atoms with Crippen LogP contribution in [0, 0.1) is 17.8 Å². The molecule has 0 aliphatic carbocycles. The van der Waals surface area contributed by atoms with Crippen molar-refractivity contribution in [1.82, 2.24) is 25.8 Å². The van der Waals surface area contributed by atoms with E-state index in [1.54, 1.807) is 12.4 Å². The van der Waals surface area contributed by atoms with E-state index in [-0.39, 0.29) is 17.9 Å². The van der Waals surface area contributed by atoms with Gasteiger partial charge in [-0.3, -0.25) is 9.78 Å². The number of carbonyl (C=O) groups is 1. The number of hydrogen-bond acceptors (Lipinski definition) is 6. The zero-order valence-electron chi connectivity index (χ0n) is 16.3. The minimum Gasteiger partial charge on any atom is -0.344 e. The summed E-state index contributed by atoms with van der Waals surface area (Å²) in [6.07, 6.45) is 6.28. The van der Waals surface area contributed by atoms with E-state index >= 15 is 0 Å². The van der Waals surface area contributed by atoms with Gasteiger partial charge in [-0.1, -0.05) is 25.9 Å². The molecule has 1 amide bonds. The number of nitrogens with one attached hydrogen (secondary N) is 2. The van der Waals surface area contributed by atoms with Crippen molar-refractivity contribution < 1.29 is 9.32 Å². The van der Waals surface area contributed by atoms with Gasteiger partial charge in [0, 0.05) is 24.4 Å². The Hall–Kier alpha value is -2.28. The van der Waals surface area contributed by atoms with E-state index in [9.17, 15) is 4.79 Å². The Balaban J connectivity index is 1.63. The molecule has 0 bridgehead atoms. The average molecular weight is 371 g/mol. The maximum Gasteiger partial charge on any atom is 0.249 e. The van der Waals surface area contributed by atoms with Gasteiger partial charge in [-0.05, 0) is 55.8 Å². The van der Waals surface area contributed by atoms with Gasteiger partial charge in [-0.15, -0.1) is 0 Å². The van der Waals surface area contributed by atoms with Crippen LogP contribution in [0.25, 0.3) is 11.4 Å². The van der Waals surface area contributed by atoms with Crippen molar-refractivity contribution in [2.45, 2.75) is 46.1 Å². The van der Waals surface area contributed by atoms with Gasteiger partial charge < -0.3 is 15.2 Å². The highest BCUT2D eigenvalue weighted by molar-refractivity contribution is 5.76. The van der Waals surface area contributed by atoms with Gasteiger partial charge in [0.2, 0.25) is 17.6 Å². The standard InChI is InChI=1S/C20H29N5O2/c1-13(2)18(20-24-19(25-27-20)16-7-5-9-22-12-16)23-17(26)10-14(3)15-6-4-8-21-11-15/h5,7,9,12-15,18,21H,4,6,8,10-11H2,1-3H3,(H,23,26). The Morgan fingerprint density at radius 1 is 1.41 bits per heavy atom. The third kappa shape index (κ3) is 5.13. The molecule has 3 unspecified atom stereocenters. The molecule has 1 aliphatic rings. The number of pyridine rings is 1. The summed E-state index contributed by atoms with van der Waals surface area (Å²) in [5.41, 5.74) is 0.791. The van der Waals surface area contributed by atoms with Crippen molar-refractivity contribution in [1.29, 1.82) is 0 Å². The summed E-state index contributed by atoms with van der Waals surface area (Å²) in [7, 11) is 0. The summed E-state index contributed by atoms with van der Waals surface area (Å²) < 4.78 is 5.45. The van der Waals surface area contributed by atoms with Crippen LogP contribution in [-0.2, 0) is 4.79 Å². The summed E-state index contributed by atoms with van der Waals surface area (Å²) in [4.78, 5) is 21.2. The predicted octanol–water partition coefficient (Wildman–Crippen LogP) is 2.97. The molecule has 2 aromatic heterocycles. The first kappa shape index (κ1) is 19.5. The normalized spacial score (nSPS) is 19.6. The molecule has 0 spiro atoms. The third-order valence-electron chi connectivity index (χ3n) is 5.26. The lowest BCUT2D eigenvalue weighted by molar-refractivity contribution is -0.123. The van der Waals surface area contributed by atoms with E-state index < -0.39 is 0 Å². The van der Waals surface area contributed by atoms with Crippen molar-refractivity contribution in [2.75, 3.05) is 13.1 Å². The molecule has 2 N–H and O–H groups in total. The summed E-state index contributed by atoms with van der Waals surface area (Å²) >= 11 is 0. The molecule has 3 atom stereocenters. The van der Waals surface area contributed by atoms with Gasteiger partial charge in [0.05, 0.1) is 0 Å². The topological polar surface area (TPSA) is 92.9 Å². The average Bonchev–Trinajstić information content (AvgIpc) is 3.17. The maximum atomic E-state index is 12.6. The van der Waals surface area contributed by atoms with Crippen LogP contribution in [0.15, 0.2) is 29.0 Å². The van der Waals surface area contributed by atoms with Crippen molar-refractivity contribution >= 4 is 5.91 Å². The number of hydrogen-bond donors (Lipinski definition) is 2. The molecule has 146 valence electrons. The molecule has 1 saturated heterocycles. The molecule has 7 nitrogen and oxygen atoms in total. The molecule has 0 saturated carbocycles. The number of carbonyl (C=O) groups excluding carboxylic acids is 1. The number of rotatable bonds is 7. The zero-order chi connectivity index (χ0) is 19.2. The fraction of sp³-hybridized carbons (Fsp3) is 0.600. The van der Waals surface area contributed by atoms with E-state index in [2.05, 4.69) is 32.7 Å². The lowest BCUT2D eigenvalue weighted by atomic mass is 9.85. The number of piperidine rings is 1. The second-order valence-corrected chi connectivity index (χ2v) is 7.77. The SMILES string of the molecule is CC(C)C(NC(=O)CC(C)C1CCCNC1)c1nc(-c2cccnc2)no1. The second kappa shape index (κ2) is 9.08. The highest BCUT2D eigenvalue weighted by Gasteiger charge is 2.27. The molecule has 3 heterocycles. The van der Waals surface area contributed by atoms with Gasteiger partial charge in [-0.2, -0.15) is 4.98 Å². The van der Waals surface area contributed by atoms with Crippen molar-refractivity contribution in [3.63, 3.8) is 0 Å². The first-order chi connectivity index (χ1) is 13.0. The van der Waals surface area contributed by atoms with Crippen LogP contribution in [-0.4, -0.2) is 34.1 Å². The Bertz CT molecular complexity index is 725. The molecular weight excluding hydrogens is 342 g/mol. The number of nitrogens with zero attached hydrogens (tertiary/aromatic N) is 3. The van der Waals surface area contributed by atoms with Crippen LogP contribution in [0.3, 0.4) is 0 Å². The van der Waals surface area contributed by atoms with Gasteiger partial charge >= 0.3 is 0 Å². The van der Waals surface area contributed by atoms with Gasteiger partial charge in [0.25, 0.3) is 0 Å². The highest BCUT2D eigenvalue weighted by atomic mass is 16.5. The summed E-state index contributed by atoms with van der Waals surface area (Å²) in [6.45, 7) is 8.32. The Kier molecular flexibility index (Phi) is 6.55. The van der Waals surface area contributed by atoms with Crippen LogP contribution in [0.4, 0.5) is 0 Å². The summed E-state index contributed by atoms with van der Waals surface area (Å²) in [5, 5.41) is 10.6. The van der Waals surface area contributed by atoms with E-state index in [0.29, 0.717) is 30.0 Å². The fourth-order valence-corrected chi connectivity index (χ4v) is 3.54. The molecule has 0 radical (unpaired) electrons. The van der Waals surface area contributed by atoms with E-state index in [1.165, 1.54) is 12.8 Å². The number of amides is 1. The van der Waals surface area contributed by atoms with Crippen molar-refractivity contribution in [2.24, 2.45) is 17.8 Å². The van der Waals surface area contributed by atoms with E-state index in [4.69, 9.17) is 4.52 Å². The molecule has 3 rings (SSSR count). The number of aromatic nitrogens is 3. The van der Waals surface area contributed by atoms with Gasteiger partial charge in [0.15, 0.2) is 0 Å². The molecule has 0 aromatic carbocycles. The van der Waals surface area contributed by atoms with Crippen LogP contribution in [0.1, 0.15) is 52.0 Å². The first-order valence-electron chi connectivity index (χ1n) is 9.78. The molecule has 2 aromatic rings. The lowest BCUT2D eigenvalue weighted by Crippen LogP contribution is -2.37. The van der Waals surface area contributed by atoms with Gasteiger partial charge in [-0.25, -0.2) is 0 Å². The minimum absolute atomic E-state index is 0.0351. The van der Waals surface area contributed by atoms with Crippen molar-refractivity contribution in [3.05, 3.63) is 30.4 Å². The van der Waals surface area contributed by atoms with E-state index in [0.717, 1.165) is 18.7 Å². The van der Waals surface area contributed by atoms with Crippen LogP contribution in [0.5, 0.6) is 0 Å². The van der Waals surface area contributed by atoms with Crippen molar-refractivity contribution in [3.8, 4) is 11.4 Å². The lowest BCUT2D eigenvalue weighted by Gasteiger charge is -2.28. The largest absolute Gasteiger partial charge is 0.344 e. The summed E-state index contributed by atoms with van der Waals surface area (Å²) in [5.74, 6) is 2.00.